The lowest BCUT2D eigenvalue weighted by Gasteiger charge is -2.14. The van der Waals surface area contributed by atoms with E-state index in [2.05, 4.69) is 43.3 Å². The van der Waals surface area contributed by atoms with Crippen molar-refractivity contribution >= 4 is 21.9 Å². The van der Waals surface area contributed by atoms with Gasteiger partial charge >= 0.3 is 0 Å². The van der Waals surface area contributed by atoms with E-state index in [1.165, 1.54) is 60.4 Å². The quantitative estimate of drug-likeness (QED) is 0.474. The smallest absolute Gasteiger partial charge is 0.138 e. The molecule has 0 N–H and O–H groups in total. The van der Waals surface area contributed by atoms with Crippen LogP contribution in [0.2, 0.25) is 0 Å². The van der Waals surface area contributed by atoms with Gasteiger partial charge < -0.3 is 4.42 Å². The zero-order valence-corrected chi connectivity index (χ0v) is 12.7. The van der Waals surface area contributed by atoms with Gasteiger partial charge in [0.2, 0.25) is 0 Å². The van der Waals surface area contributed by atoms with E-state index in [9.17, 15) is 0 Å². The van der Waals surface area contributed by atoms with E-state index >= 15 is 0 Å². The Morgan fingerprint density at radius 3 is 2.24 bits per heavy atom. The zero-order valence-electron chi connectivity index (χ0n) is 12.7. The molecule has 0 spiro atoms. The van der Waals surface area contributed by atoms with Gasteiger partial charge in [0.1, 0.15) is 11.2 Å². The van der Waals surface area contributed by atoms with Gasteiger partial charge in [0, 0.05) is 10.8 Å². The van der Waals surface area contributed by atoms with Crippen molar-refractivity contribution in [2.45, 2.75) is 51.4 Å². The Bertz CT molecular complexity index is 773. The van der Waals surface area contributed by atoms with E-state index in [-0.39, 0.29) is 0 Å². The molecule has 0 radical (unpaired) electrons. The van der Waals surface area contributed by atoms with Crippen LogP contribution >= 0.6 is 0 Å². The number of aryl methyl sites for hydroxylation is 1. The van der Waals surface area contributed by atoms with Crippen LogP contribution in [0.3, 0.4) is 0 Å². The first kappa shape index (κ1) is 12.9. The van der Waals surface area contributed by atoms with E-state index in [1.807, 2.05) is 0 Å². The molecule has 108 valence electrons. The van der Waals surface area contributed by atoms with Crippen molar-refractivity contribution in [2.24, 2.45) is 0 Å². The first-order valence-corrected chi connectivity index (χ1v) is 8.25. The van der Waals surface area contributed by atoms with Crippen molar-refractivity contribution in [1.29, 1.82) is 0 Å². The van der Waals surface area contributed by atoms with Crippen LogP contribution in [0.15, 0.2) is 40.8 Å². The van der Waals surface area contributed by atoms with Crippen LogP contribution in [0.4, 0.5) is 0 Å². The summed E-state index contributed by atoms with van der Waals surface area (Å²) in [5.41, 5.74) is 4.86. The summed E-state index contributed by atoms with van der Waals surface area (Å²) in [5, 5.41) is 2.55. The molecule has 4 rings (SSSR count). The fraction of sp³-hybridized carbons (Fsp3) is 0.400. The van der Waals surface area contributed by atoms with Crippen LogP contribution in [0.25, 0.3) is 21.9 Å². The van der Waals surface area contributed by atoms with Crippen LogP contribution < -0.4 is 0 Å². The maximum Gasteiger partial charge on any atom is 0.138 e. The molecule has 3 aromatic rings. The lowest BCUT2D eigenvalue weighted by Crippen LogP contribution is -1.97. The normalized spacial score (nSPS) is 17.4. The summed E-state index contributed by atoms with van der Waals surface area (Å²) in [4.78, 5) is 0. The largest absolute Gasteiger partial charge is 0.455 e. The fourth-order valence-electron chi connectivity index (χ4n) is 3.89. The number of benzene rings is 2. The van der Waals surface area contributed by atoms with E-state index < -0.39 is 0 Å². The Kier molecular flexibility index (Phi) is 3.21. The molecule has 1 nitrogen and oxygen atoms in total. The van der Waals surface area contributed by atoms with Gasteiger partial charge in [0.25, 0.3) is 0 Å². The molecule has 1 aliphatic rings. The lowest BCUT2D eigenvalue weighted by atomic mass is 9.90. The zero-order chi connectivity index (χ0) is 14.2. The Balaban J connectivity index is 1.93. The predicted octanol–water partition coefficient (Wildman–Crippen LogP) is 6.33. The molecular formula is C20H22O. The molecule has 0 aliphatic heterocycles. The van der Waals surface area contributed by atoms with Crippen molar-refractivity contribution in [3.8, 4) is 0 Å². The molecule has 1 fully saturated rings. The third-order valence-corrected chi connectivity index (χ3v) is 5.05. The molecule has 21 heavy (non-hydrogen) atoms. The highest BCUT2D eigenvalue weighted by Crippen LogP contribution is 2.39. The minimum Gasteiger partial charge on any atom is -0.455 e. The van der Waals surface area contributed by atoms with E-state index in [0.717, 1.165) is 11.2 Å². The molecule has 0 saturated heterocycles. The fourth-order valence-corrected chi connectivity index (χ4v) is 3.89. The third kappa shape index (κ3) is 2.16. The number of fused-ring (bicyclic) bond motifs is 3. The third-order valence-electron chi connectivity index (χ3n) is 5.05. The average Bonchev–Trinajstić information content (AvgIpc) is 2.70. The van der Waals surface area contributed by atoms with Gasteiger partial charge in [-0.2, -0.15) is 0 Å². The second kappa shape index (κ2) is 5.22. The summed E-state index contributed by atoms with van der Waals surface area (Å²) in [6.45, 7) is 2.13. The SMILES string of the molecule is Cc1cccc2c1oc1c(C3CCCCCC3)cccc12. The van der Waals surface area contributed by atoms with Crippen molar-refractivity contribution in [3.05, 3.63) is 47.5 Å². The van der Waals surface area contributed by atoms with E-state index in [0.29, 0.717) is 5.92 Å². The van der Waals surface area contributed by atoms with Gasteiger partial charge in [-0.3, -0.25) is 0 Å². The predicted molar refractivity (Wildman–Crippen MR) is 88.9 cm³/mol. The molecule has 1 heterocycles. The van der Waals surface area contributed by atoms with Crippen molar-refractivity contribution in [1.82, 2.24) is 0 Å². The number of hydrogen-bond acceptors (Lipinski definition) is 1. The van der Waals surface area contributed by atoms with Gasteiger partial charge in [-0.1, -0.05) is 62.1 Å². The van der Waals surface area contributed by atoms with E-state index in [4.69, 9.17) is 4.42 Å². The van der Waals surface area contributed by atoms with Gasteiger partial charge in [0.15, 0.2) is 0 Å². The van der Waals surface area contributed by atoms with Crippen molar-refractivity contribution < 1.29 is 4.42 Å². The van der Waals surface area contributed by atoms with Crippen LogP contribution in [0.5, 0.6) is 0 Å². The van der Waals surface area contributed by atoms with Crippen molar-refractivity contribution in [3.63, 3.8) is 0 Å². The molecule has 2 aromatic carbocycles. The van der Waals surface area contributed by atoms with Crippen LogP contribution in [-0.2, 0) is 0 Å². The highest BCUT2D eigenvalue weighted by atomic mass is 16.3. The standard InChI is InChI=1S/C20H22O/c1-14-8-6-12-17-18-13-7-11-16(20(18)21-19(14)17)15-9-4-2-3-5-10-15/h6-8,11-13,15H,2-5,9-10H2,1H3. The monoisotopic (exact) mass is 278 g/mol. The molecule has 0 amide bonds. The lowest BCUT2D eigenvalue weighted by molar-refractivity contribution is 0.579. The Morgan fingerprint density at radius 1 is 0.810 bits per heavy atom. The molecule has 0 atom stereocenters. The summed E-state index contributed by atoms with van der Waals surface area (Å²) in [7, 11) is 0. The molecule has 0 bridgehead atoms. The minimum absolute atomic E-state index is 0.678. The van der Waals surface area contributed by atoms with Gasteiger partial charge in [-0.15, -0.1) is 0 Å². The van der Waals surface area contributed by atoms with Crippen molar-refractivity contribution in [2.75, 3.05) is 0 Å². The van der Waals surface area contributed by atoms with Crippen LogP contribution in [0, 0.1) is 6.92 Å². The molecule has 1 saturated carbocycles. The summed E-state index contributed by atoms with van der Waals surface area (Å²) < 4.78 is 6.31. The highest BCUT2D eigenvalue weighted by Gasteiger charge is 2.20. The first-order valence-electron chi connectivity index (χ1n) is 8.25. The summed E-state index contributed by atoms with van der Waals surface area (Å²) in [6, 6.07) is 13.2. The van der Waals surface area contributed by atoms with Gasteiger partial charge in [0.05, 0.1) is 0 Å². The number of hydrogen-bond donors (Lipinski definition) is 0. The maximum absolute atomic E-state index is 6.31. The minimum atomic E-state index is 0.678. The Morgan fingerprint density at radius 2 is 1.48 bits per heavy atom. The summed E-state index contributed by atoms with van der Waals surface area (Å²) in [5.74, 6) is 0.678. The Labute approximate surface area is 126 Å². The maximum atomic E-state index is 6.31. The number of para-hydroxylation sites is 2. The molecule has 0 unspecified atom stereocenters. The van der Waals surface area contributed by atoms with Crippen LogP contribution in [0.1, 0.15) is 55.6 Å². The average molecular weight is 278 g/mol. The molecular weight excluding hydrogens is 256 g/mol. The number of furan rings is 1. The van der Waals surface area contributed by atoms with Gasteiger partial charge in [-0.05, 0) is 36.8 Å². The van der Waals surface area contributed by atoms with Crippen LogP contribution in [-0.4, -0.2) is 0 Å². The van der Waals surface area contributed by atoms with Gasteiger partial charge in [-0.25, -0.2) is 0 Å². The Hall–Kier alpha value is -1.76. The second-order valence-corrected chi connectivity index (χ2v) is 6.47. The molecule has 1 heteroatoms. The molecule has 1 aromatic heterocycles. The first-order chi connectivity index (χ1) is 10.3. The number of rotatable bonds is 1. The second-order valence-electron chi connectivity index (χ2n) is 6.47. The molecule has 1 aliphatic carbocycles. The highest BCUT2D eigenvalue weighted by molar-refractivity contribution is 6.06. The van der Waals surface area contributed by atoms with E-state index in [1.54, 1.807) is 0 Å². The summed E-state index contributed by atoms with van der Waals surface area (Å²) in [6.07, 6.45) is 8.14. The topological polar surface area (TPSA) is 13.1 Å². The summed E-state index contributed by atoms with van der Waals surface area (Å²) >= 11 is 0.